The van der Waals surface area contributed by atoms with E-state index in [2.05, 4.69) is 20.4 Å². The van der Waals surface area contributed by atoms with Crippen molar-refractivity contribution in [2.75, 3.05) is 0 Å². The minimum absolute atomic E-state index is 0.0104. The number of rotatable bonds is 5. The van der Waals surface area contributed by atoms with Gasteiger partial charge in [-0.25, -0.2) is 14.1 Å². The molecule has 1 amide bonds. The average Bonchev–Trinajstić information content (AvgIpc) is 3.16. The van der Waals surface area contributed by atoms with Crippen molar-refractivity contribution in [3.05, 3.63) is 87.9 Å². The zero-order valence-electron chi connectivity index (χ0n) is 17.4. The Morgan fingerprint density at radius 1 is 1.13 bits per heavy atom. The van der Waals surface area contributed by atoms with Crippen LogP contribution in [0.1, 0.15) is 41.9 Å². The Hall–Kier alpha value is -3.81. The van der Waals surface area contributed by atoms with E-state index >= 15 is 0 Å². The standard InChI is InChI=1S/C23H22FN5O2/c1-13(2)20(22-25-16-9-5-6-10-17(16)26-22)27-23(31)21-19(30)12-14(3)29(28-21)18-11-7-4-8-15(18)24/h4-13,20H,1-3H3,(H,25,26)(H,27,31). The number of aryl methyl sites for hydroxylation is 1. The number of nitrogens with zero attached hydrogens (tertiary/aromatic N) is 3. The lowest BCUT2D eigenvalue weighted by Gasteiger charge is -2.20. The highest BCUT2D eigenvalue weighted by molar-refractivity contribution is 5.92. The monoisotopic (exact) mass is 419 g/mol. The van der Waals surface area contributed by atoms with Crippen LogP contribution in [0.15, 0.2) is 59.4 Å². The molecule has 0 saturated heterocycles. The average molecular weight is 419 g/mol. The maximum atomic E-state index is 14.3. The van der Waals surface area contributed by atoms with Gasteiger partial charge in [-0.3, -0.25) is 9.59 Å². The van der Waals surface area contributed by atoms with Crippen LogP contribution in [0, 0.1) is 18.7 Å². The van der Waals surface area contributed by atoms with Gasteiger partial charge >= 0.3 is 0 Å². The van der Waals surface area contributed by atoms with Crippen LogP contribution in [-0.4, -0.2) is 25.7 Å². The molecule has 4 aromatic rings. The normalized spacial score (nSPS) is 12.3. The highest BCUT2D eigenvalue weighted by Crippen LogP contribution is 2.22. The van der Waals surface area contributed by atoms with Gasteiger partial charge in [0, 0.05) is 11.8 Å². The first kappa shape index (κ1) is 20.5. The van der Waals surface area contributed by atoms with E-state index in [4.69, 9.17) is 0 Å². The molecule has 2 aromatic heterocycles. The first-order valence-electron chi connectivity index (χ1n) is 9.96. The summed E-state index contributed by atoms with van der Waals surface area (Å²) in [6.07, 6.45) is 0. The number of carbonyl (C=O) groups excluding carboxylic acids is 1. The maximum Gasteiger partial charge on any atom is 0.276 e. The van der Waals surface area contributed by atoms with Crippen molar-refractivity contribution >= 4 is 16.9 Å². The molecule has 0 saturated carbocycles. The van der Waals surface area contributed by atoms with Crippen molar-refractivity contribution < 1.29 is 9.18 Å². The van der Waals surface area contributed by atoms with Gasteiger partial charge in [-0.15, -0.1) is 0 Å². The molecular weight excluding hydrogens is 397 g/mol. The number of fused-ring (bicyclic) bond motifs is 1. The van der Waals surface area contributed by atoms with Crippen molar-refractivity contribution in [1.29, 1.82) is 0 Å². The number of imidazole rings is 1. The summed E-state index contributed by atoms with van der Waals surface area (Å²) in [7, 11) is 0. The summed E-state index contributed by atoms with van der Waals surface area (Å²) in [5.41, 5.74) is 1.38. The number of hydrogen-bond donors (Lipinski definition) is 2. The van der Waals surface area contributed by atoms with Gasteiger partial charge in [-0.1, -0.05) is 38.1 Å². The van der Waals surface area contributed by atoms with E-state index < -0.39 is 23.2 Å². The largest absolute Gasteiger partial charge is 0.340 e. The first-order chi connectivity index (χ1) is 14.8. The molecule has 4 rings (SSSR count). The van der Waals surface area contributed by atoms with Crippen LogP contribution < -0.4 is 10.7 Å². The van der Waals surface area contributed by atoms with Crippen molar-refractivity contribution in [2.45, 2.75) is 26.8 Å². The molecule has 8 heteroatoms. The summed E-state index contributed by atoms with van der Waals surface area (Å²) in [6, 6.07) is 14.4. The molecule has 0 aliphatic carbocycles. The fourth-order valence-electron chi connectivity index (χ4n) is 3.45. The summed E-state index contributed by atoms with van der Waals surface area (Å²) in [6.45, 7) is 5.52. The fraction of sp³-hybridized carbons (Fsp3) is 0.217. The van der Waals surface area contributed by atoms with Crippen LogP contribution in [0.3, 0.4) is 0 Å². The van der Waals surface area contributed by atoms with Crippen molar-refractivity contribution in [3.63, 3.8) is 0 Å². The first-order valence-corrected chi connectivity index (χ1v) is 9.96. The molecule has 0 aliphatic heterocycles. The summed E-state index contributed by atoms with van der Waals surface area (Å²) in [4.78, 5) is 33.3. The lowest BCUT2D eigenvalue weighted by molar-refractivity contribution is 0.0915. The van der Waals surface area contributed by atoms with Crippen LogP contribution in [0.4, 0.5) is 4.39 Å². The van der Waals surface area contributed by atoms with Gasteiger partial charge in [0.15, 0.2) is 5.69 Å². The van der Waals surface area contributed by atoms with Gasteiger partial charge < -0.3 is 10.3 Å². The van der Waals surface area contributed by atoms with Gasteiger partial charge in [0.05, 0.1) is 17.1 Å². The molecule has 1 atom stereocenters. The van der Waals surface area contributed by atoms with E-state index in [1.54, 1.807) is 19.1 Å². The molecule has 7 nitrogen and oxygen atoms in total. The maximum absolute atomic E-state index is 14.3. The molecule has 2 aromatic carbocycles. The number of amides is 1. The highest BCUT2D eigenvalue weighted by Gasteiger charge is 2.25. The SMILES string of the molecule is Cc1cc(=O)c(C(=O)NC(c2nc3ccccc3[nH]2)C(C)C)nn1-c1ccccc1F. The Morgan fingerprint density at radius 2 is 1.84 bits per heavy atom. The number of carbonyl (C=O) groups is 1. The molecule has 0 aliphatic rings. The van der Waals surface area contributed by atoms with Crippen LogP contribution >= 0.6 is 0 Å². The number of hydrogen-bond acceptors (Lipinski definition) is 4. The predicted octanol–water partition coefficient (Wildman–Crippen LogP) is 3.68. The molecule has 2 heterocycles. The summed E-state index contributed by atoms with van der Waals surface area (Å²) >= 11 is 0. The smallest absolute Gasteiger partial charge is 0.276 e. The second-order valence-corrected chi connectivity index (χ2v) is 7.70. The molecule has 0 spiro atoms. The van der Waals surface area contributed by atoms with E-state index in [0.717, 1.165) is 11.0 Å². The van der Waals surface area contributed by atoms with E-state index in [-0.39, 0.29) is 17.3 Å². The van der Waals surface area contributed by atoms with Crippen LogP contribution in [0.25, 0.3) is 16.7 Å². The second-order valence-electron chi connectivity index (χ2n) is 7.70. The predicted molar refractivity (Wildman–Crippen MR) is 116 cm³/mol. The Labute approximate surface area is 178 Å². The number of aromatic nitrogens is 4. The molecular formula is C23H22FN5O2. The molecule has 158 valence electrons. The lowest BCUT2D eigenvalue weighted by atomic mass is 10.0. The quantitative estimate of drug-likeness (QED) is 0.516. The Balaban J connectivity index is 1.70. The number of para-hydroxylation sites is 3. The number of aromatic amines is 1. The fourth-order valence-corrected chi connectivity index (χ4v) is 3.45. The van der Waals surface area contributed by atoms with Crippen molar-refractivity contribution in [3.8, 4) is 5.69 Å². The third-order valence-electron chi connectivity index (χ3n) is 5.06. The van der Waals surface area contributed by atoms with Crippen molar-refractivity contribution in [2.24, 2.45) is 5.92 Å². The molecule has 0 radical (unpaired) electrons. The van der Waals surface area contributed by atoms with Crippen LogP contribution in [0.5, 0.6) is 0 Å². The molecule has 0 fully saturated rings. The van der Waals surface area contributed by atoms with Gasteiger partial charge in [0.25, 0.3) is 5.91 Å². The van der Waals surface area contributed by atoms with Crippen LogP contribution in [-0.2, 0) is 0 Å². The number of H-pyrrole nitrogens is 1. The second kappa shape index (κ2) is 8.14. The van der Waals surface area contributed by atoms with E-state index in [0.29, 0.717) is 11.5 Å². The summed E-state index contributed by atoms with van der Waals surface area (Å²) in [5.74, 6) is -0.570. The zero-order valence-corrected chi connectivity index (χ0v) is 17.4. The van der Waals surface area contributed by atoms with Crippen molar-refractivity contribution in [1.82, 2.24) is 25.1 Å². The molecule has 2 N–H and O–H groups in total. The Kier molecular flexibility index (Phi) is 5.37. The minimum atomic E-state index is -0.644. The van der Waals surface area contributed by atoms with Gasteiger partial charge in [0.2, 0.25) is 5.43 Å². The van der Waals surface area contributed by atoms with E-state index in [1.165, 1.54) is 22.9 Å². The topological polar surface area (TPSA) is 92.7 Å². The minimum Gasteiger partial charge on any atom is -0.340 e. The zero-order chi connectivity index (χ0) is 22.1. The summed E-state index contributed by atoms with van der Waals surface area (Å²) < 4.78 is 15.5. The van der Waals surface area contributed by atoms with Gasteiger partial charge in [0.1, 0.15) is 17.3 Å². The Bertz CT molecular complexity index is 1290. The molecule has 31 heavy (non-hydrogen) atoms. The number of halogens is 1. The molecule has 0 bridgehead atoms. The number of benzene rings is 2. The van der Waals surface area contributed by atoms with Gasteiger partial charge in [-0.2, -0.15) is 5.10 Å². The third-order valence-corrected chi connectivity index (χ3v) is 5.06. The van der Waals surface area contributed by atoms with Gasteiger partial charge in [-0.05, 0) is 37.1 Å². The van der Waals surface area contributed by atoms with E-state index in [9.17, 15) is 14.0 Å². The summed E-state index contributed by atoms with van der Waals surface area (Å²) in [5, 5.41) is 7.03. The molecule has 1 unspecified atom stereocenters. The highest BCUT2D eigenvalue weighted by atomic mass is 19.1. The van der Waals surface area contributed by atoms with E-state index in [1.807, 2.05) is 38.1 Å². The lowest BCUT2D eigenvalue weighted by Crippen LogP contribution is -2.37. The van der Waals surface area contributed by atoms with Crippen LogP contribution in [0.2, 0.25) is 0 Å². The third kappa shape index (κ3) is 3.96. The number of nitrogens with one attached hydrogen (secondary N) is 2. The Morgan fingerprint density at radius 3 is 2.55 bits per heavy atom.